The smallest absolute Gasteiger partial charge is 0.343 e. The normalized spacial score (nSPS) is 12.4. The van der Waals surface area contributed by atoms with Crippen LogP contribution in [0.2, 0.25) is 0 Å². The summed E-state index contributed by atoms with van der Waals surface area (Å²) in [6.07, 6.45) is 21.7. The van der Waals surface area contributed by atoms with Crippen molar-refractivity contribution in [1.29, 1.82) is 0 Å². The minimum absolute atomic E-state index is 0.0244. The summed E-state index contributed by atoms with van der Waals surface area (Å²) in [6, 6.07) is 4.92. The monoisotopic (exact) mass is 745 g/mol. The van der Waals surface area contributed by atoms with Crippen molar-refractivity contribution in [1.82, 2.24) is 0 Å². The molecule has 0 saturated heterocycles. The van der Waals surface area contributed by atoms with Gasteiger partial charge < -0.3 is 18.9 Å². The maximum atomic E-state index is 14.3. The number of ketones is 2. The van der Waals surface area contributed by atoms with Gasteiger partial charge >= 0.3 is 11.9 Å². The van der Waals surface area contributed by atoms with Gasteiger partial charge in [0.15, 0.2) is 0 Å². The van der Waals surface area contributed by atoms with Crippen LogP contribution in [0, 0.1) is 6.92 Å². The Kier molecular flexibility index (Phi) is 30.0. The van der Waals surface area contributed by atoms with E-state index in [1.165, 1.54) is 31.7 Å². The van der Waals surface area contributed by atoms with Gasteiger partial charge in [0.2, 0.25) is 23.8 Å². The lowest BCUT2D eigenvalue weighted by Gasteiger charge is -2.21. The van der Waals surface area contributed by atoms with Gasteiger partial charge in [0.1, 0.15) is 0 Å². The number of hydrogen-bond acceptors (Lipinski definition) is 8. The van der Waals surface area contributed by atoms with Crippen molar-refractivity contribution in [2.45, 2.75) is 201 Å². The predicted molar refractivity (Wildman–Crippen MR) is 215 cm³/mol. The van der Waals surface area contributed by atoms with E-state index in [0.29, 0.717) is 31.2 Å². The second-order valence-electron chi connectivity index (χ2n) is 14.6. The van der Waals surface area contributed by atoms with Crippen molar-refractivity contribution in [3.05, 3.63) is 34.9 Å². The third-order valence-electron chi connectivity index (χ3n) is 9.74. The molecule has 0 N–H and O–H groups in total. The van der Waals surface area contributed by atoms with Crippen molar-refractivity contribution in [3.8, 4) is 0 Å². The third-order valence-corrected chi connectivity index (χ3v) is 9.74. The zero-order valence-electron chi connectivity index (χ0n) is 34.5. The molecule has 1 aromatic rings. The Morgan fingerprint density at radius 3 is 1.19 bits per heavy atom. The first-order valence-electron chi connectivity index (χ1n) is 21.6. The number of benzene rings is 1. The van der Waals surface area contributed by atoms with Gasteiger partial charge in [0, 0.05) is 24.3 Å². The average Bonchev–Trinajstić information content (AvgIpc) is 3.15. The molecule has 0 aliphatic heterocycles. The fourth-order valence-corrected chi connectivity index (χ4v) is 6.40. The zero-order chi connectivity index (χ0) is 38.9. The first-order chi connectivity index (χ1) is 25.8. The van der Waals surface area contributed by atoms with E-state index in [9.17, 15) is 19.2 Å². The Balaban J connectivity index is 3.20. The topological polar surface area (TPSA) is 105 Å². The van der Waals surface area contributed by atoms with Crippen LogP contribution in [0.25, 0.3) is 0 Å². The SMILES string of the molecule is CCCCCCCCOC(=O)C(OCCCCCCCC)C(=O)c1cccc(C)c1C(=O)C(OCCCCCCCC)C(=O)OCCCCCCCC. The van der Waals surface area contributed by atoms with Crippen molar-refractivity contribution >= 4 is 23.5 Å². The van der Waals surface area contributed by atoms with Crippen LogP contribution >= 0.6 is 0 Å². The molecule has 0 bridgehead atoms. The second kappa shape index (κ2) is 32.8. The maximum absolute atomic E-state index is 14.3. The van der Waals surface area contributed by atoms with E-state index in [0.717, 1.165) is 103 Å². The minimum Gasteiger partial charge on any atom is -0.463 e. The highest BCUT2D eigenvalue weighted by molar-refractivity contribution is 6.20. The summed E-state index contributed by atoms with van der Waals surface area (Å²) in [4.78, 5) is 55.5. The molecule has 2 unspecified atom stereocenters. The van der Waals surface area contributed by atoms with Crippen LogP contribution in [0.4, 0.5) is 0 Å². The van der Waals surface area contributed by atoms with E-state index in [-0.39, 0.29) is 37.6 Å². The lowest BCUT2D eigenvalue weighted by molar-refractivity contribution is -0.155. The van der Waals surface area contributed by atoms with E-state index < -0.39 is 35.7 Å². The molecule has 0 fully saturated rings. The van der Waals surface area contributed by atoms with Crippen LogP contribution in [-0.4, -0.2) is 62.1 Å². The highest BCUT2D eigenvalue weighted by Crippen LogP contribution is 2.23. The first-order valence-corrected chi connectivity index (χ1v) is 21.6. The van der Waals surface area contributed by atoms with Gasteiger partial charge in [-0.1, -0.05) is 174 Å². The molecule has 1 aromatic carbocycles. The van der Waals surface area contributed by atoms with Crippen LogP contribution in [0.3, 0.4) is 0 Å². The van der Waals surface area contributed by atoms with Crippen LogP contribution in [0.5, 0.6) is 0 Å². The van der Waals surface area contributed by atoms with Gasteiger partial charge in [-0.3, -0.25) is 9.59 Å². The Morgan fingerprint density at radius 1 is 0.453 bits per heavy atom. The lowest BCUT2D eigenvalue weighted by atomic mass is 9.91. The standard InChI is InChI=1S/C45H76O8/c1-6-10-14-18-22-26-33-50-42(44(48)52-35-28-24-20-16-12-8-3)40(46)38-32-30-31-37(5)39(38)41(47)43(51-34-27-23-19-15-11-7-2)45(49)53-36-29-25-21-17-13-9-4/h30-32,42-43H,6-29,33-36H2,1-5H3. The zero-order valence-corrected chi connectivity index (χ0v) is 34.5. The quantitative estimate of drug-likeness (QED) is 0.0289. The summed E-state index contributed by atoms with van der Waals surface area (Å²) < 4.78 is 23.2. The van der Waals surface area contributed by atoms with Gasteiger partial charge in [-0.25, -0.2) is 9.59 Å². The van der Waals surface area contributed by atoms with Gasteiger partial charge in [-0.2, -0.15) is 0 Å². The number of carbonyl (C=O) groups excluding carboxylic acids is 4. The highest BCUT2D eigenvalue weighted by atomic mass is 16.6. The van der Waals surface area contributed by atoms with Crippen molar-refractivity contribution in [3.63, 3.8) is 0 Å². The van der Waals surface area contributed by atoms with Crippen molar-refractivity contribution in [2.24, 2.45) is 0 Å². The van der Waals surface area contributed by atoms with Crippen molar-refractivity contribution in [2.75, 3.05) is 26.4 Å². The molecule has 0 aromatic heterocycles. The van der Waals surface area contributed by atoms with Gasteiger partial charge in [0.25, 0.3) is 0 Å². The van der Waals surface area contributed by atoms with Crippen LogP contribution < -0.4 is 0 Å². The molecule has 53 heavy (non-hydrogen) atoms. The van der Waals surface area contributed by atoms with Crippen LogP contribution in [0.15, 0.2) is 18.2 Å². The van der Waals surface area contributed by atoms with Gasteiger partial charge in [0.05, 0.1) is 13.2 Å². The molecule has 0 heterocycles. The molecular formula is C45H76O8. The van der Waals surface area contributed by atoms with Gasteiger partial charge in [-0.05, 0) is 38.2 Å². The summed E-state index contributed by atoms with van der Waals surface area (Å²) in [5.74, 6) is -2.78. The molecule has 1 rings (SSSR count). The first kappa shape index (κ1) is 48.4. The Bertz CT molecular complexity index is 1120. The summed E-state index contributed by atoms with van der Waals surface area (Å²) in [5.41, 5.74) is 0.586. The molecule has 0 radical (unpaired) electrons. The van der Waals surface area contributed by atoms with Crippen LogP contribution in [0.1, 0.15) is 208 Å². The summed E-state index contributed by atoms with van der Waals surface area (Å²) in [6.45, 7) is 11.2. The fourth-order valence-electron chi connectivity index (χ4n) is 6.40. The Labute approximate surface area is 323 Å². The van der Waals surface area contributed by atoms with E-state index in [4.69, 9.17) is 18.9 Å². The maximum Gasteiger partial charge on any atom is 0.343 e. The largest absolute Gasteiger partial charge is 0.463 e. The predicted octanol–water partition coefficient (Wildman–Crippen LogP) is 11.7. The molecule has 8 nitrogen and oxygen atoms in total. The number of esters is 2. The average molecular weight is 745 g/mol. The summed E-state index contributed by atoms with van der Waals surface area (Å²) in [7, 11) is 0. The molecule has 0 spiro atoms. The number of ether oxygens (including phenoxy) is 4. The molecule has 2 atom stereocenters. The molecule has 8 heteroatoms. The molecule has 0 aliphatic carbocycles. The lowest BCUT2D eigenvalue weighted by Crippen LogP contribution is -2.39. The summed E-state index contributed by atoms with van der Waals surface area (Å²) in [5, 5.41) is 0. The highest BCUT2D eigenvalue weighted by Gasteiger charge is 2.37. The molecule has 0 aliphatic rings. The van der Waals surface area contributed by atoms with Crippen molar-refractivity contribution < 1.29 is 38.1 Å². The van der Waals surface area contributed by atoms with E-state index in [2.05, 4.69) is 27.7 Å². The van der Waals surface area contributed by atoms with E-state index >= 15 is 0 Å². The number of Topliss-reactive ketones (excluding diaryl/α,β-unsaturated/α-hetero) is 2. The number of unbranched alkanes of at least 4 members (excludes halogenated alkanes) is 20. The second-order valence-corrected chi connectivity index (χ2v) is 14.6. The van der Waals surface area contributed by atoms with Crippen LogP contribution in [-0.2, 0) is 28.5 Å². The number of rotatable bonds is 36. The molecule has 0 amide bonds. The molecule has 0 saturated carbocycles. The molecular weight excluding hydrogens is 668 g/mol. The summed E-state index contributed by atoms with van der Waals surface area (Å²) >= 11 is 0. The molecule has 304 valence electrons. The fraction of sp³-hybridized carbons (Fsp3) is 0.778. The number of hydrogen-bond donors (Lipinski definition) is 0. The Hall–Kier alpha value is -2.58. The number of aryl methyl sites for hydroxylation is 1. The Morgan fingerprint density at radius 2 is 0.792 bits per heavy atom. The third kappa shape index (κ3) is 21.8. The number of carbonyl (C=O) groups is 4. The van der Waals surface area contributed by atoms with E-state index in [1.54, 1.807) is 19.1 Å². The van der Waals surface area contributed by atoms with E-state index in [1.807, 2.05) is 0 Å². The minimum atomic E-state index is -1.51. The van der Waals surface area contributed by atoms with Gasteiger partial charge in [-0.15, -0.1) is 0 Å².